The molecule has 3 amide bonds. The highest BCUT2D eigenvalue weighted by Crippen LogP contribution is 2.47. The zero-order valence-electron chi connectivity index (χ0n) is 14.2. The van der Waals surface area contributed by atoms with Gasteiger partial charge in [-0.25, -0.2) is 4.79 Å². The van der Waals surface area contributed by atoms with Gasteiger partial charge in [0.1, 0.15) is 6.04 Å². The Bertz CT molecular complexity index is 605. The quantitative estimate of drug-likeness (QED) is 0.682. The van der Waals surface area contributed by atoms with Crippen molar-refractivity contribution in [1.82, 2.24) is 9.80 Å². The van der Waals surface area contributed by atoms with Crippen LogP contribution in [-0.4, -0.2) is 69.9 Å². The lowest BCUT2D eigenvalue weighted by atomic mass is 9.96. The number of primary amides is 1. The molecule has 8 nitrogen and oxygen atoms in total. The van der Waals surface area contributed by atoms with Crippen LogP contribution in [0.4, 0.5) is 0 Å². The molecule has 0 aromatic heterocycles. The molecule has 25 heavy (non-hydrogen) atoms. The summed E-state index contributed by atoms with van der Waals surface area (Å²) in [6, 6.07) is -0.613. The Kier molecular flexibility index (Phi) is 4.95. The number of nitrogens with zero attached hydrogens (tertiary/aromatic N) is 2. The number of thioether (sulfide) groups is 1. The van der Waals surface area contributed by atoms with E-state index in [4.69, 9.17) is 10.5 Å². The largest absolute Gasteiger partial charge is 0.454 e. The lowest BCUT2D eigenvalue weighted by Gasteiger charge is -2.31. The number of esters is 1. The number of piperidine rings is 1. The Morgan fingerprint density at radius 1 is 1.32 bits per heavy atom. The van der Waals surface area contributed by atoms with E-state index in [0.717, 1.165) is 6.42 Å². The van der Waals surface area contributed by atoms with Crippen LogP contribution < -0.4 is 5.73 Å². The van der Waals surface area contributed by atoms with Gasteiger partial charge in [-0.15, -0.1) is 11.8 Å². The number of ether oxygens (including phenoxy) is 1. The van der Waals surface area contributed by atoms with Crippen molar-refractivity contribution in [3.05, 3.63) is 0 Å². The van der Waals surface area contributed by atoms with E-state index in [1.807, 2.05) is 6.92 Å². The average molecular weight is 369 g/mol. The van der Waals surface area contributed by atoms with Gasteiger partial charge in [0.05, 0.1) is 4.87 Å². The molecule has 0 unspecified atom stereocenters. The first kappa shape index (κ1) is 18.0. The predicted octanol–water partition coefficient (Wildman–Crippen LogP) is -0.292. The minimum absolute atomic E-state index is 0.0331. The molecule has 3 fully saturated rings. The Hall–Kier alpha value is -1.77. The number of amides is 3. The van der Waals surface area contributed by atoms with Crippen molar-refractivity contribution in [3.8, 4) is 0 Å². The molecule has 138 valence electrons. The van der Waals surface area contributed by atoms with Crippen LogP contribution >= 0.6 is 11.8 Å². The summed E-state index contributed by atoms with van der Waals surface area (Å²) in [5.41, 5.74) is 5.28. The number of fused-ring (bicyclic) bond motifs is 1. The summed E-state index contributed by atoms with van der Waals surface area (Å²) in [7, 11) is 0. The number of hydrogen-bond donors (Lipinski definition) is 1. The SMILES string of the molecule is C[C@]12CCC(=O)N1[C@H](C(=O)OCC(=O)N1CCC(C(N)=O)CC1)CS2. The fourth-order valence-corrected chi connectivity index (χ4v) is 5.15. The van der Waals surface area contributed by atoms with Crippen LogP contribution in [0.2, 0.25) is 0 Å². The first-order chi connectivity index (χ1) is 11.8. The van der Waals surface area contributed by atoms with Gasteiger partial charge in [0.25, 0.3) is 5.91 Å². The van der Waals surface area contributed by atoms with Crippen LogP contribution in [0.5, 0.6) is 0 Å². The van der Waals surface area contributed by atoms with Crippen molar-refractivity contribution in [2.75, 3.05) is 25.4 Å². The highest BCUT2D eigenvalue weighted by molar-refractivity contribution is 8.01. The third-order valence-electron chi connectivity index (χ3n) is 5.30. The second-order valence-electron chi connectivity index (χ2n) is 6.93. The molecule has 0 radical (unpaired) electrons. The fraction of sp³-hybridized carbons (Fsp3) is 0.750. The summed E-state index contributed by atoms with van der Waals surface area (Å²) in [5, 5.41) is 0. The van der Waals surface area contributed by atoms with E-state index in [1.54, 1.807) is 21.6 Å². The van der Waals surface area contributed by atoms with Gasteiger partial charge in [0.2, 0.25) is 11.8 Å². The second-order valence-corrected chi connectivity index (χ2v) is 8.43. The summed E-state index contributed by atoms with van der Waals surface area (Å²) in [6.45, 7) is 2.50. The molecule has 0 bridgehead atoms. The first-order valence-electron chi connectivity index (χ1n) is 8.52. The summed E-state index contributed by atoms with van der Waals surface area (Å²) in [5.74, 6) is -0.866. The fourth-order valence-electron chi connectivity index (χ4n) is 3.73. The van der Waals surface area contributed by atoms with E-state index in [0.29, 0.717) is 38.1 Å². The highest BCUT2D eigenvalue weighted by atomic mass is 32.2. The smallest absolute Gasteiger partial charge is 0.330 e. The summed E-state index contributed by atoms with van der Waals surface area (Å²) < 4.78 is 5.19. The Morgan fingerprint density at radius 2 is 2.00 bits per heavy atom. The molecule has 0 aliphatic carbocycles. The van der Waals surface area contributed by atoms with Gasteiger partial charge < -0.3 is 20.3 Å². The Morgan fingerprint density at radius 3 is 2.64 bits per heavy atom. The normalized spacial score (nSPS) is 29.6. The Labute approximate surface area is 150 Å². The zero-order chi connectivity index (χ0) is 18.2. The number of rotatable bonds is 4. The number of likely N-dealkylation sites (tertiary alicyclic amines) is 1. The van der Waals surface area contributed by atoms with Crippen LogP contribution in [0.3, 0.4) is 0 Å². The van der Waals surface area contributed by atoms with Crippen LogP contribution in [0, 0.1) is 5.92 Å². The molecule has 0 spiro atoms. The third-order valence-corrected chi connectivity index (χ3v) is 6.81. The van der Waals surface area contributed by atoms with E-state index >= 15 is 0 Å². The summed E-state index contributed by atoms with van der Waals surface area (Å²) in [6.07, 6.45) is 2.25. The molecule has 3 saturated heterocycles. The van der Waals surface area contributed by atoms with Gasteiger partial charge in [0, 0.05) is 31.2 Å². The molecular formula is C16H23N3O5S. The molecular weight excluding hydrogens is 346 g/mol. The van der Waals surface area contributed by atoms with Gasteiger partial charge >= 0.3 is 5.97 Å². The van der Waals surface area contributed by atoms with E-state index in [1.165, 1.54) is 0 Å². The third kappa shape index (κ3) is 3.47. The highest BCUT2D eigenvalue weighted by Gasteiger charge is 2.53. The standard InChI is InChI=1S/C16H23N3O5S/c1-16-5-2-12(20)19(16)11(9-25-16)15(23)24-8-13(21)18-6-3-10(4-7-18)14(17)22/h10-11H,2-9H2,1H3,(H2,17,22)/t11-,16-/m0/s1. The molecule has 0 aromatic carbocycles. The van der Waals surface area contributed by atoms with Gasteiger partial charge in [0.15, 0.2) is 6.61 Å². The first-order valence-corrected chi connectivity index (χ1v) is 9.50. The van der Waals surface area contributed by atoms with Crippen LogP contribution in [-0.2, 0) is 23.9 Å². The second kappa shape index (κ2) is 6.86. The van der Waals surface area contributed by atoms with Crippen LogP contribution in [0.15, 0.2) is 0 Å². The van der Waals surface area contributed by atoms with Gasteiger partial charge in [-0.1, -0.05) is 0 Å². The topological polar surface area (TPSA) is 110 Å². The zero-order valence-corrected chi connectivity index (χ0v) is 15.0. The van der Waals surface area contributed by atoms with Gasteiger partial charge in [-0.3, -0.25) is 14.4 Å². The molecule has 3 aliphatic rings. The monoisotopic (exact) mass is 369 g/mol. The lowest BCUT2D eigenvalue weighted by molar-refractivity contribution is -0.158. The molecule has 0 saturated carbocycles. The molecule has 2 N–H and O–H groups in total. The molecule has 3 aliphatic heterocycles. The maximum Gasteiger partial charge on any atom is 0.330 e. The van der Waals surface area contributed by atoms with Crippen molar-refractivity contribution in [2.45, 2.75) is 43.5 Å². The predicted molar refractivity (Wildman–Crippen MR) is 90.2 cm³/mol. The van der Waals surface area contributed by atoms with Crippen LogP contribution in [0.25, 0.3) is 0 Å². The number of nitrogens with two attached hydrogens (primary N) is 1. The van der Waals surface area contributed by atoms with Gasteiger partial charge in [-0.05, 0) is 26.2 Å². The van der Waals surface area contributed by atoms with E-state index < -0.39 is 12.0 Å². The maximum absolute atomic E-state index is 12.3. The number of carbonyl (C=O) groups is 4. The van der Waals surface area contributed by atoms with E-state index in [2.05, 4.69) is 0 Å². The van der Waals surface area contributed by atoms with Crippen molar-refractivity contribution in [3.63, 3.8) is 0 Å². The summed E-state index contributed by atoms with van der Waals surface area (Å²) in [4.78, 5) is 50.6. The minimum atomic E-state index is -0.613. The number of carbonyl (C=O) groups excluding carboxylic acids is 4. The molecule has 0 aromatic rings. The number of hydrogen-bond acceptors (Lipinski definition) is 6. The van der Waals surface area contributed by atoms with Crippen molar-refractivity contribution >= 4 is 35.5 Å². The van der Waals surface area contributed by atoms with E-state index in [-0.39, 0.29) is 35.1 Å². The molecule has 3 heterocycles. The lowest BCUT2D eigenvalue weighted by Crippen LogP contribution is -2.48. The summed E-state index contributed by atoms with van der Waals surface area (Å²) >= 11 is 1.59. The minimum Gasteiger partial charge on any atom is -0.454 e. The molecule has 3 rings (SSSR count). The van der Waals surface area contributed by atoms with Gasteiger partial charge in [-0.2, -0.15) is 0 Å². The van der Waals surface area contributed by atoms with Crippen LogP contribution in [0.1, 0.15) is 32.6 Å². The van der Waals surface area contributed by atoms with Crippen molar-refractivity contribution in [2.24, 2.45) is 11.7 Å². The van der Waals surface area contributed by atoms with Crippen molar-refractivity contribution in [1.29, 1.82) is 0 Å². The molecule has 9 heteroatoms. The maximum atomic E-state index is 12.3. The van der Waals surface area contributed by atoms with Crippen molar-refractivity contribution < 1.29 is 23.9 Å². The molecule has 2 atom stereocenters. The average Bonchev–Trinajstić information content (AvgIpc) is 3.09. The van der Waals surface area contributed by atoms with E-state index in [9.17, 15) is 19.2 Å². The Balaban J connectivity index is 1.49.